The summed E-state index contributed by atoms with van der Waals surface area (Å²) in [5.74, 6) is 0. The maximum absolute atomic E-state index is 10.3. The summed E-state index contributed by atoms with van der Waals surface area (Å²) in [5.41, 5.74) is 12.8. The lowest BCUT2D eigenvalue weighted by molar-refractivity contribution is 1.16. The van der Waals surface area contributed by atoms with Crippen molar-refractivity contribution in [3.8, 4) is 46.4 Å². The minimum absolute atomic E-state index is 0.549. The standard InChI is InChI=1S/C51H28N6/c52-29-32-13-20-49-43(25-32)42-9-3-6-12-48(42)55(49)37-17-15-35(16-18-37)36-23-34(31-54)24-39(27-36)57-50-21-14-33(30-53)26-44(50)45-28-38(19-22-51(45)57)56-46-10-4-1-7-40(46)41-8-2-5-11-47(41)56/h1-28H. The van der Waals surface area contributed by atoms with Crippen molar-refractivity contribution in [1.82, 2.24) is 13.7 Å². The second kappa shape index (κ2) is 12.3. The van der Waals surface area contributed by atoms with Gasteiger partial charge >= 0.3 is 0 Å². The topological polar surface area (TPSA) is 86.2 Å². The van der Waals surface area contributed by atoms with Gasteiger partial charge in [-0.05, 0) is 114 Å². The van der Waals surface area contributed by atoms with Gasteiger partial charge in [-0.3, -0.25) is 0 Å². The molecule has 0 spiro atoms. The van der Waals surface area contributed by atoms with Gasteiger partial charge in [0.15, 0.2) is 0 Å². The van der Waals surface area contributed by atoms with E-state index in [1.807, 2.05) is 60.7 Å². The van der Waals surface area contributed by atoms with Crippen LogP contribution in [0.25, 0.3) is 93.6 Å². The Morgan fingerprint density at radius 3 is 1.26 bits per heavy atom. The van der Waals surface area contributed by atoms with E-state index < -0.39 is 0 Å². The van der Waals surface area contributed by atoms with Crippen molar-refractivity contribution in [2.24, 2.45) is 0 Å². The molecule has 0 saturated heterocycles. The first-order valence-electron chi connectivity index (χ1n) is 18.7. The second-order valence-corrected chi connectivity index (χ2v) is 14.4. The first-order chi connectivity index (χ1) is 28.1. The van der Waals surface area contributed by atoms with E-state index >= 15 is 0 Å². The molecule has 0 amide bonds. The van der Waals surface area contributed by atoms with Crippen molar-refractivity contribution >= 4 is 65.4 Å². The maximum atomic E-state index is 10.3. The number of rotatable bonds is 4. The Hall–Kier alpha value is -8.37. The van der Waals surface area contributed by atoms with E-state index in [9.17, 15) is 15.8 Å². The third-order valence-corrected chi connectivity index (χ3v) is 11.3. The fourth-order valence-corrected chi connectivity index (χ4v) is 8.79. The van der Waals surface area contributed by atoms with Gasteiger partial charge < -0.3 is 13.7 Å². The zero-order valence-corrected chi connectivity index (χ0v) is 30.3. The summed E-state index contributed by atoms with van der Waals surface area (Å²) in [6.07, 6.45) is 0. The van der Waals surface area contributed by atoms with Gasteiger partial charge in [0.05, 0.1) is 68.0 Å². The van der Waals surface area contributed by atoms with Gasteiger partial charge in [0, 0.05) is 49.4 Å². The highest BCUT2D eigenvalue weighted by Gasteiger charge is 2.19. The quantitative estimate of drug-likeness (QED) is 0.181. The monoisotopic (exact) mass is 724 g/mol. The van der Waals surface area contributed by atoms with Crippen molar-refractivity contribution in [2.45, 2.75) is 0 Å². The molecule has 0 atom stereocenters. The average Bonchev–Trinajstić information content (AvgIpc) is 3.91. The molecule has 0 radical (unpaired) electrons. The van der Waals surface area contributed by atoms with Crippen molar-refractivity contribution in [3.05, 3.63) is 187 Å². The zero-order chi connectivity index (χ0) is 38.2. The van der Waals surface area contributed by atoms with Crippen molar-refractivity contribution in [1.29, 1.82) is 15.8 Å². The number of hydrogen-bond acceptors (Lipinski definition) is 3. The molecular formula is C51H28N6. The molecule has 0 aliphatic heterocycles. The first-order valence-corrected chi connectivity index (χ1v) is 18.7. The highest BCUT2D eigenvalue weighted by molar-refractivity contribution is 6.13. The van der Waals surface area contributed by atoms with Gasteiger partial charge in [-0.25, -0.2) is 0 Å². The van der Waals surface area contributed by atoms with Crippen LogP contribution in [-0.4, -0.2) is 13.7 Å². The molecule has 6 nitrogen and oxygen atoms in total. The Morgan fingerprint density at radius 2 is 0.702 bits per heavy atom. The van der Waals surface area contributed by atoms with Crippen LogP contribution in [0.2, 0.25) is 0 Å². The number of fused-ring (bicyclic) bond motifs is 9. The van der Waals surface area contributed by atoms with Crippen LogP contribution in [0.5, 0.6) is 0 Å². The summed E-state index contributed by atoms with van der Waals surface area (Å²) in [4.78, 5) is 0. The van der Waals surface area contributed by atoms with E-state index in [0.29, 0.717) is 16.7 Å². The van der Waals surface area contributed by atoms with Crippen LogP contribution in [0.1, 0.15) is 16.7 Å². The SMILES string of the molecule is N#Cc1cc(-c2ccc(-n3c4ccccc4c4cc(C#N)ccc43)cc2)cc(-n2c3ccc(C#N)cc3c3cc(-n4c5ccccc5c5ccccc54)ccc32)c1. The van der Waals surface area contributed by atoms with Gasteiger partial charge in [-0.1, -0.05) is 66.7 Å². The molecule has 6 heteroatoms. The highest BCUT2D eigenvalue weighted by Crippen LogP contribution is 2.39. The normalized spacial score (nSPS) is 11.5. The Kier molecular flexibility index (Phi) is 6.95. The molecule has 3 aromatic heterocycles. The van der Waals surface area contributed by atoms with Gasteiger partial charge in [0.25, 0.3) is 0 Å². The first kappa shape index (κ1) is 32.1. The highest BCUT2D eigenvalue weighted by atomic mass is 15.0. The van der Waals surface area contributed by atoms with E-state index in [1.54, 1.807) is 0 Å². The summed E-state index contributed by atoms with van der Waals surface area (Å²) in [6, 6.07) is 64.9. The Balaban J connectivity index is 1.08. The summed E-state index contributed by atoms with van der Waals surface area (Å²) in [6.45, 7) is 0. The number of benzene rings is 8. The maximum Gasteiger partial charge on any atom is 0.0992 e. The lowest BCUT2D eigenvalue weighted by atomic mass is 10.0. The number of nitriles is 3. The van der Waals surface area contributed by atoms with Crippen LogP contribution in [-0.2, 0) is 0 Å². The number of nitrogens with zero attached hydrogens (tertiary/aromatic N) is 6. The molecule has 3 heterocycles. The summed E-state index contributed by atoms with van der Waals surface area (Å²) in [7, 11) is 0. The average molecular weight is 725 g/mol. The number of aromatic nitrogens is 3. The number of hydrogen-bond donors (Lipinski definition) is 0. The molecule has 11 aromatic rings. The minimum atomic E-state index is 0.549. The Morgan fingerprint density at radius 1 is 0.281 bits per heavy atom. The van der Waals surface area contributed by atoms with Gasteiger partial charge in [-0.2, -0.15) is 15.8 Å². The molecule has 0 bridgehead atoms. The molecule has 262 valence electrons. The van der Waals surface area contributed by atoms with E-state index in [2.05, 4.69) is 141 Å². The molecule has 11 rings (SSSR count). The van der Waals surface area contributed by atoms with Crippen LogP contribution in [0.4, 0.5) is 0 Å². The zero-order valence-electron chi connectivity index (χ0n) is 30.3. The Labute approximate surface area is 326 Å². The number of para-hydroxylation sites is 3. The minimum Gasteiger partial charge on any atom is -0.309 e. The molecule has 0 N–H and O–H groups in total. The predicted molar refractivity (Wildman–Crippen MR) is 229 cm³/mol. The molecular weight excluding hydrogens is 697 g/mol. The van der Waals surface area contributed by atoms with Gasteiger partial charge in [0.2, 0.25) is 0 Å². The van der Waals surface area contributed by atoms with Crippen molar-refractivity contribution < 1.29 is 0 Å². The molecule has 57 heavy (non-hydrogen) atoms. The summed E-state index contributed by atoms with van der Waals surface area (Å²) < 4.78 is 6.74. The van der Waals surface area contributed by atoms with Crippen LogP contribution in [0, 0.1) is 34.0 Å². The smallest absolute Gasteiger partial charge is 0.0992 e. The second-order valence-electron chi connectivity index (χ2n) is 14.4. The summed E-state index contributed by atoms with van der Waals surface area (Å²) >= 11 is 0. The van der Waals surface area contributed by atoms with Crippen molar-refractivity contribution in [2.75, 3.05) is 0 Å². The van der Waals surface area contributed by atoms with Crippen LogP contribution < -0.4 is 0 Å². The molecule has 0 aliphatic carbocycles. The molecule has 0 saturated carbocycles. The lowest BCUT2D eigenvalue weighted by Crippen LogP contribution is -1.97. The van der Waals surface area contributed by atoms with E-state index in [1.165, 1.54) is 10.8 Å². The van der Waals surface area contributed by atoms with E-state index in [0.717, 1.165) is 82.8 Å². The lowest BCUT2D eigenvalue weighted by Gasteiger charge is -2.13. The predicted octanol–water partition coefficient (Wildman–Crippen LogP) is 12.3. The fourth-order valence-electron chi connectivity index (χ4n) is 8.79. The molecule has 0 fully saturated rings. The van der Waals surface area contributed by atoms with E-state index in [-0.39, 0.29) is 0 Å². The third-order valence-electron chi connectivity index (χ3n) is 11.3. The largest absolute Gasteiger partial charge is 0.309 e. The van der Waals surface area contributed by atoms with Crippen LogP contribution in [0.15, 0.2) is 170 Å². The fraction of sp³-hybridized carbons (Fsp3) is 0. The summed E-state index contributed by atoms with van der Waals surface area (Å²) in [5, 5.41) is 36.4. The molecule has 0 aliphatic rings. The van der Waals surface area contributed by atoms with E-state index in [4.69, 9.17) is 0 Å². The van der Waals surface area contributed by atoms with Crippen LogP contribution in [0.3, 0.4) is 0 Å². The van der Waals surface area contributed by atoms with Crippen molar-refractivity contribution in [3.63, 3.8) is 0 Å². The third kappa shape index (κ3) is 4.81. The van der Waals surface area contributed by atoms with Gasteiger partial charge in [-0.15, -0.1) is 0 Å². The van der Waals surface area contributed by atoms with Gasteiger partial charge in [0.1, 0.15) is 0 Å². The van der Waals surface area contributed by atoms with Crippen LogP contribution >= 0.6 is 0 Å². The molecule has 0 unspecified atom stereocenters. The Bertz CT molecular complexity index is 3560. The molecule has 8 aromatic carbocycles.